The van der Waals surface area contributed by atoms with E-state index in [4.69, 9.17) is 4.74 Å². The minimum Gasteiger partial charge on any atom is -0.490 e. The lowest BCUT2D eigenvalue weighted by Crippen LogP contribution is -2.46. The zero-order chi connectivity index (χ0) is 21.7. The van der Waals surface area contributed by atoms with Crippen LogP contribution in [0.15, 0.2) is 89.8 Å². The van der Waals surface area contributed by atoms with Crippen molar-refractivity contribution in [1.29, 1.82) is 0 Å². The van der Waals surface area contributed by atoms with Gasteiger partial charge >= 0.3 is 0 Å². The molecule has 4 rings (SSSR count). The summed E-state index contributed by atoms with van der Waals surface area (Å²) in [6, 6.07) is 25.2. The molecule has 0 radical (unpaired) electrons. The van der Waals surface area contributed by atoms with Crippen molar-refractivity contribution in [3.05, 3.63) is 90.5 Å². The Bertz CT molecular complexity index is 1130. The molecule has 6 nitrogen and oxygen atoms in total. The molecule has 0 saturated heterocycles. The van der Waals surface area contributed by atoms with Gasteiger partial charge in [0.15, 0.2) is 0 Å². The Morgan fingerprint density at radius 3 is 2.29 bits per heavy atom. The first-order chi connectivity index (χ1) is 15.1. The second-order valence-corrected chi connectivity index (χ2v) is 9.19. The van der Waals surface area contributed by atoms with Crippen LogP contribution in [-0.4, -0.2) is 44.9 Å². The quantitative estimate of drug-likeness (QED) is 0.570. The standard InChI is InChI=1S/C24H24N2O4S/c27-24(26-17-18-30-23-14-8-7-13-22(23)26)19-25(16-15-20-9-3-1-4-10-20)31(28,29)21-11-5-2-6-12-21/h1-14H,15-19H2. The van der Waals surface area contributed by atoms with E-state index >= 15 is 0 Å². The lowest BCUT2D eigenvalue weighted by atomic mass is 10.1. The van der Waals surface area contributed by atoms with Crippen molar-refractivity contribution in [2.45, 2.75) is 11.3 Å². The summed E-state index contributed by atoms with van der Waals surface area (Å²) in [5.41, 5.74) is 1.68. The van der Waals surface area contributed by atoms with Crippen LogP contribution in [0.2, 0.25) is 0 Å². The molecule has 7 heteroatoms. The van der Waals surface area contributed by atoms with Crippen LogP contribution in [0, 0.1) is 0 Å². The highest BCUT2D eigenvalue weighted by Gasteiger charge is 2.30. The van der Waals surface area contributed by atoms with Crippen LogP contribution in [0.25, 0.3) is 0 Å². The SMILES string of the molecule is O=C(CN(CCc1ccccc1)S(=O)(=O)c1ccccc1)N1CCOc2ccccc21. The van der Waals surface area contributed by atoms with Gasteiger partial charge < -0.3 is 9.64 Å². The lowest BCUT2D eigenvalue weighted by Gasteiger charge is -2.31. The van der Waals surface area contributed by atoms with E-state index in [2.05, 4.69) is 0 Å². The highest BCUT2D eigenvalue weighted by atomic mass is 32.2. The summed E-state index contributed by atoms with van der Waals surface area (Å²) >= 11 is 0. The van der Waals surface area contributed by atoms with E-state index in [0.29, 0.717) is 31.0 Å². The topological polar surface area (TPSA) is 66.9 Å². The number of benzene rings is 3. The number of hydrogen-bond donors (Lipinski definition) is 0. The number of carbonyl (C=O) groups is 1. The van der Waals surface area contributed by atoms with Gasteiger partial charge in [-0.1, -0.05) is 60.7 Å². The van der Waals surface area contributed by atoms with Crippen molar-refractivity contribution < 1.29 is 17.9 Å². The van der Waals surface area contributed by atoms with Crippen molar-refractivity contribution in [3.63, 3.8) is 0 Å². The van der Waals surface area contributed by atoms with Gasteiger partial charge in [-0.2, -0.15) is 4.31 Å². The number of nitrogens with zero attached hydrogens (tertiary/aromatic N) is 2. The molecule has 0 spiro atoms. The fraction of sp³-hybridized carbons (Fsp3) is 0.208. The van der Waals surface area contributed by atoms with E-state index < -0.39 is 10.0 Å². The van der Waals surface area contributed by atoms with E-state index in [1.807, 2.05) is 54.6 Å². The fourth-order valence-corrected chi connectivity index (χ4v) is 5.00. The van der Waals surface area contributed by atoms with E-state index in [9.17, 15) is 13.2 Å². The summed E-state index contributed by atoms with van der Waals surface area (Å²) in [6.45, 7) is 0.726. The molecule has 0 atom stereocenters. The Morgan fingerprint density at radius 1 is 0.903 bits per heavy atom. The number of fused-ring (bicyclic) bond motifs is 1. The van der Waals surface area contributed by atoms with Crippen LogP contribution >= 0.6 is 0 Å². The van der Waals surface area contributed by atoms with Crippen molar-refractivity contribution in [1.82, 2.24) is 4.31 Å². The smallest absolute Gasteiger partial charge is 0.243 e. The average Bonchev–Trinajstić information content (AvgIpc) is 2.82. The van der Waals surface area contributed by atoms with Crippen molar-refractivity contribution >= 4 is 21.6 Å². The van der Waals surface area contributed by atoms with Crippen LogP contribution in [0.4, 0.5) is 5.69 Å². The first-order valence-corrected chi connectivity index (χ1v) is 11.6. The van der Waals surface area contributed by atoms with Crippen LogP contribution < -0.4 is 9.64 Å². The predicted octanol–water partition coefficient (Wildman–Crippen LogP) is 3.35. The van der Waals surface area contributed by atoms with Gasteiger partial charge in [0, 0.05) is 6.54 Å². The Hall–Kier alpha value is -3.16. The molecule has 160 valence electrons. The molecule has 3 aromatic carbocycles. The van der Waals surface area contributed by atoms with Gasteiger partial charge in [-0.15, -0.1) is 0 Å². The average molecular weight is 437 g/mol. The van der Waals surface area contributed by atoms with E-state index in [0.717, 1.165) is 5.56 Å². The first-order valence-electron chi connectivity index (χ1n) is 10.2. The largest absolute Gasteiger partial charge is 0.490 e. The van der Waals surface area contributed by atoms with Gasteiger partial charge in [0.05, 0.1) is 23.7 Å². The van der Waals surface area contributed by atoms with Crippen LogP contribution in [0.3, 0.4) is 0 Å². The first kappa shape index (κ1) is 21.1. The maximum absolute atomic E-state index is 13.3. The summed E-state index contributed by atoms with van der Waals surface area (Å²) in [4.78, 5) is 15.0. The molecule has 1 aliphatic rings. The number of para-hydroxylation sites is 2. The van der Waals surface area contributed by atoms with Crippen LogP contribution in [0.1, 0.15) is 5.56 Å². The molecular formula is C24H24N2O4S. The van der Waals surface area contributed by atoms with Crippen LogP contribution in [-0.2, 0) is 21.2 Å². The Balaban J connectivity index is 1.59. The second-order valence-electron chi connectivity index (χ2n) is 7.25. The summed E-state index contributed by atoms with van der Waals surface area (Å²) in [5.74, 6) is 0.354. The number of ether oxygens (including phenoxy) is 1. The molecule has 3 aromatic rings. The third-order valence-corrected chi connectivity index (χ3v) is 7.07. The van der Waals surface area contributed by atoms with E-state index in [1.54, 1.807) is 35.2 Å². The number of amides is 1. The molecule has 31 heavy (non-hydrogen) atoms. The van der Waals surface area contributed by atoms with Crippen molar-refractivity contribution in [2.24, 2.45) is 0 Å². The molecule has 0 unspecified atom stereocenters. The van der Waals surface area contributed by atoms with Gasteiger partial charge in [-0.25, -0.2) is 8.42 Å². The van der Waals surface area contributed by atoms with Crippen LogP contribution in [0.5, 0.6) is 5.75 Å². The number of hydrogen-bond acceptors (Lipinski definition) is 4. The fourth-order valence-electron chi connectivity index (χ4n) is 3.59. The van der Waals surface area contributed by atoms with E-state index in [1.165, 1.54) is 4.31 Å². The number of sulfonamides is 1. The molecule has 0 fully saturated rings. The van der Waals surface area contributed by atoms with E-state index in [-0.39, 0.29) is 23.9 Å². The highest BCUT2D eigenvalue weighted by Crippen LogP contribution is 2.31. The third kappa shape index (κ3) is 4.78. The molecule has 0 saturated carbocycles. The zero-order valence-corrected chi connectivity index (χ0v) is 17.9. The zero-order valence-electron chi connectivity index (χ0n) is 17.1. The minimum absolute atomic E-state index is 0.179. The molecule has 1 amide bonds. The molecule has 0 aromatic heterocycles. The second kappa shape index (κ2) is 9.32. The molecule has 0 N–H and O–H groups in total. The Labute approximate surface area is 182 Å². The lowest BCUT2D eigenvalue weighted by molar-refractivity contribution is -0.119. The molecular weight excluding hydrogens is 412 g/mol. The Morgan fingerprint density at radius 2 is 1.55 bits per heavy atom. The predicted molar refractivity (Wildman–Crippen MR) is 120 cm³/mol. The van der Waals surface area contributed by atoms with Gasteiger partial charge in [-0.05, 0) is 36.2 Å². The van der Waals surface area contributed by atoms with Crippen molar-refractivity contribution in [3.8, 4) is 5.75 Å². The monoisotopic (exact) mass is 436 g/mol. The third-order valence-electron chi connectivity index (χ3n) is 5.21. The van der Waals surface area contributed by atoms with Gasteiger partial charge in [0.25, 0.3) is 0 Å². The van der Waals surface area contributed by atoms with Crippen molar-refractivity contribution in [2.75, 3.05) is 31.1 Å². The summed E-state index contributed by atoms with van der Waals surface area (Å²) in [7, 11) is -3.83. The summed E-state index contributed by atoms with van der Waals surface area (Å²) < 4.78 is 33.6. The number of carbonyl (C=O) groups excluding carboxylic acids is 1. The normalized spacial score (nSPS) is 13.5. The molecule has 0 bridgehead atoms. The van der Waals surface area contributed by atoms with Gasteiger partial charge in [0.1, 0.15) is 12.4 Å². The summed E-state index contributed by atoms with van der Waals surface area (Å²) in [6.07, 6.45) is 0.514. The molecule has 1 aliphatic heterocycles. The van der Waals surface area contributed by atoms with Gasteiger partial charge in [-0.3, -0.25) is 4.79 Å². The Kier molecular flexibility index (Phi) is 6.34. The van der Waals surface area contributed by atoms with Gasteiger partial charge in [0.2, 0.25) is 15.9 Å². The molecule has 1 heterocycles. The maximum Gasteiger partial charge on any atom is 0.243 e. The minimum atomic E-state index is -3.83. The molecule has 0 aliphatic carbocycles. The highest BCUT2D eigenvalue weighted by molar-refractivity contribution is 7.89. The summed E-state index contributed by atoms with van der Waals surface area (Å²) in [5, 5.41) is 0. The maximum atomic E-state index is 13.3. The number of rotatable bonds is 7. The number of anilines is 1.